The van der Waals surface area contributed by atoms with Crippen molar-refractivity contribution in [1.29, 1.82) is 0 Å². The summed E-state index contributed by atoms with van der Waals surface area (Å²) in [6, 6.07) is 24.3. The molecule has 4 aromatic rings. The normalized spacial score (nSPS) is 11.7. The predicted molar refractivity (Wildman–Crippen MR) is 130 cm³/mol. The Bertz CT molecular complexity index is 1220. The van der Waals surface area contributed by atoms with Crippen molar-refractivity contribution in [2.45, 2.75) is 19.5 Å². The molecule has 1 N–H and O–H groups in total. The summed E-state index contributed by atoms with van der Waals surface area (Å²) in [6.45, 7) is 2.27. The number of carbonyl (C=O) groups is 2. The first-order chi connectivity index (χ1) is 16.0. The monoisotopic (exact) mass is 459 g/mol. The van der Waals surface area contributed by atoms with Gasteiger partial charge in [0, 0.05) is 19.2 Å². The second kappa shape index (κ2) is 10.3. The summed E-state index contributed by atoms with van der Waals surface area (Å²) in [7, 11) is 1.75. The van der Waals surface area contributed by atoms with Crippen molar-refractivity contribution in [1.82, 2.24) is 15.2 Å². The van der Waals surface area contributed by atoms with Crippen molar-refractivity contribution in [2.75, 3.05) is 13.7 Å². The molecule has 0 fully saturated rings. The molecule has 33 heavy (non-hydrogen) atoms. The highest BCUT2D eigenvalue weighted by Gasteiger charge is 2.21. The Kier molecular flexibility index (Phi) is 7.00. The van der Waals surface area contributed by atoms with Crippen LogP contribution in [0.5, 0.6) is 5.75 Å². The molecule has 6 nitrogen and oxygen atoms in total. The second-order valence-electron chi connectivity index (χ2n) is 7.69. The maximum absolute atomic E-state index is 12.7. The molecule has 4 rings (SSSR count). The zero-order valence-electron chi connectivity index (χ0n) is 18.5. The highest BCUT2D eigenvalue weighted by Crippen LogP contribution is 2.28. The van der Waals surface area contributed by atoms with E-state index in [1.165, 1.54) is 0 Å². The van der Waals surface area contributed by atoms with Crippen molar-refractivity contribution >= 4 is 33.4 Å². The SMILES string of the molecule is C[C@@H](c1nc2ccccc2s1)N(C)C(=O)COc1cccc(C(=O)NCc2ccccc2)c1. The molecular weight excluding hydrogens is 434 g/mol. The number of para-hydroxylation sites is 1. The molecule has 2 amide bonds. The summed E-state index contributed by atoms with van der Waals surface area (Å²) >= 11 is 1.58. The van der Waals surface area contributed by atoms with Crippen LogP contribution in [0.2, 0.25) is 0 Å². The minimum atomic E-state index is -0.197. The second-order valence-corrected chi connectivity index (χ2v) is 8.75. The Hall–Kier alpha value is -3.71. The largest absolute Gasteiger partial charge is 0.484 e. The fourth-order valence-electron chi connectivity index (χ4n) is 3.30. The van der Waals surface area contributed by atoms with E-state index in [9.17, 15) is 9.59 Å². The van der Waals surface area contributed by atoms with E-state index in [0.717, 1.165) is 20.8 Å². The lowest BCUT2D eigenvalue weighted by Crippen LogP contribution is -2.33. The first kappa shape index (κ1) is 22.5. The number of nitrogens with zero attached hydrogens (tertiary/aromatic N) is 2. The van der Waals surface area contributed by atoms with E-state index in [4.69, 9.17) is 4.74 Å². The number of aromatic nitrogens is 1. The maximum Gasteiger partial charge on any atom is 0.260 e. The van der Waals surface area contributed by atoms with Crippen LogP contribution in [0.4, 0.5) is 0 Å². The van der Waals surface area contributed by atoms with E-state index < -0.39 is 0 Å². The minimum Gasteiger partial charge on any atom is -0.484 e. The average molecular weight is 460 g/mol. The highest BCUT2D eigenvalue weighted by atomic mass is 32.1. The summed E-state index contributed by atoms with van der Waals surface area (Å²) in [5.74, 6) is 0.106. The third-order valence-corrected chi connectivity index (χ3v) is 6.60. The maximum atomic E-state index is 12.7. The van der Waals surface area contributed by atoms with Gasteiger partial charge in [-0.2, -0.15) is 0 Å². The van der Waals surface area contributed by atoms with Gasteiger partial charge >= 0.3 is 0 Å². The summed E-state index contributed by atoms with van der Waals surface area (Å²) < 4.78 is 6.80. The Balaban J connectivity index is 1.33. The van der Waals surface area contributed by atoms with Crippen molar-refractivity contribution in [2.24, 2.45) is 0 Å². The van der Waals surface area contributed by atoms with Gasteiger partial charge in [0.2, 0.25) is 0 Å². The lowest BCUT2D eigenvalue weighted by Gasteiger charge is -2.23. The third-order valence-electron chi connectivity index (χ3n) is 5.40. The molecule has 1 aromatic heterocycles. The Morgan fingerprint density at radius 1 is 1.03 bits per heavy atom. The Labute approximate surface area is 196 Å². The van der Waals surface area contributed by atoms with Gasteiger partial charge in [-0.1, -0.05) is 48.5 Å². The lowest BCUT2D eigenvalue weighted by atomic mass is 10.2. The number of ether oxygens (including phenoxy) is 1. The molecule has 3 aromatic carbocycles. The number of nitrogens with one attached hydrogen (secondary N) is 1. The van der Waals surface area contributed by atoms with Crippen LogP contribution in [0.1, 0.15) is 33.9 Å². The smallest absolute Gasteiger partial charge is 0.260 e. The number of fused-ring (bicyclic) bond motifs is 1. The molecule has 1 heterocycles. The predicted octanol–water partition coefficient (Wildman–Crippen LogP) is 4.82. The zero-order chi connectivity index (χ0) is 23.2. The van der Waals surface area contributed by atoms with Crippen molar-refractivity contribution in [3.05, 3.63) is 95.0 Å². The van der Waals surface area contributed by atoms with Crippen LogP contribution in [-0.2, 0) is 11.3 Å². The van der Waals surface area contributed by atoms with Gasteiger partial charge in [-0.25, -0.2) is 4.98 Å². The molecule has 0 bridgehead atoms. The molecule has 7 heteroatoms. The fourth-order valence-corrected chi connectivity index (χ4v) is 4.37. The lowest BCUT2D eigenvalue weighted by molar-refractivity contribution is -0.134. The summed E-state index contributed by atoms with van der Waals surface area (Å²) in [5, 5.41) is 3.77. The van der Waals surface area contributed by atoms with Gasteiger partial charge in [0.1, 0.15) is 10.8 Å². The van der Waals surface area contributed by atoms with E-state index in [2.05, 4.69) is 10.3 Å². The minimum absolute atomic E-state index is 0.124. The fraction of sp³-hybridized carbons (Fsp3) is 0.192. The van der Waals surface area contributed by atoms with Crippen LogP contribution in [0.15, 0.2) is 78.9 Å². The molecule has 0 unspecified atom stereocenters. The van der Waals surface area contributed by atoms with E-state index in [1.54, 1.807) is 47.5 Å². The Morgan fingerprint density at radius 3 is 2.58 bits per heavy atom. The van der Waals surface area contributed by atoms with Crippen molar-refractivity contribution in [3.63, 3.8) is 0 Å². The first-order valence-electron chi connectivity index (χ1n) is 10.7. The quantitative estimate of drug-likeness (QED) is 0.410. The molecule has 0 aliphatic carbocycles. The van der Waals surface area contributed by atoms with E-state index in [1.807, 2.05) is 61.5 Å². The molecule has 0 aliphatic rings. The summed E-state index contributed by atoms with van der Waals surface area (Å²) in [4.78, 5) is 31.5. The van der Waals surface area contributed by atoms with Gasteiger partial charge in [-0.05, 0) is 42.8 Å². The van der Waals surface area contributed by atoms with Crippen molar-refractivity contribution in [3.8, 4) is 5.75 Å². The molecular formula is C26H25N3O3S. The molecule has 168 valence electrons. The molecule has 1 atom stereocenters. The topological polar surface area (TPSA) is 71.5 Å². The van der Waals surface area contributed by atoms with E-state index >= 15 is 0 Å². The van der Waals surface area contributed by atoms with Crippen molar-refractivity contribution < 1.29 is 14.3 Å². The van der Waals surface area contributed by atoms with Gasteiger partial charge in [-0.3, -0.25) is 9.59 Å². The van der Waals surface area contributed by atoms with Crippen LogP contribution >= 0.6 is 11.3 Å². The van der Waals surface area contributed by atoms with Gasteiger partial charge in [0.05, 0.1) is 16.3 Å². The number of rotatable bonds is 8. The molecule has 0 aliphatic heterocycles. The first-order valence-corrected chi connectivity index (χ1v) is 11.5. The number of benzene rings is 3. The van der Waals surface area contributed by atoms with Crippen LogP contribution < -0.4 is 10.1 Å². The molecule has 0 radical (unpaired) electrons. The summed E-state index contributed by atoms with van der Waals surface area (Å²) in [6.07, 6.45) is 0. The number of hydrogen-bond acceptors (Lipinski definition) is 5. The van der Waals surface area contributed by atoms with E-state index in [0.29, 0.717) is 17.9 Å². The zero-order valence-corrected chi connectivity index (χ0v) is 19.3. The van der Waals surface area contributed by atoms with Crippen LogP contribution in [0.3, 0.4) is 0 Å². The number of carbonyl (C=O) groups excluding carboxylic acids is 2. The van der Waals surface area contributed by atoms with Crippen LogP contribution in [0.25, 0.3) is 10.2 Å². The molecule has 0 saturated heterocycles. The Morgan fingerprint density at radius 2 is 1.79 bits per heavy atom. The number of hydrogen-bond donors (Lipinski definition) is 1. The third kappa shape index (κ3) is 5.56. The van der Waals surface area contributed by atoms with Gasteiger partial charge in [-0.15, -0.1) is 11.3 Å². The number of thiazole rings is 1. The number of amides is 2. The summed E-state index contributed by atoms with van der Waals surface area (Å²) in [5.41, 5.74) is 2.44. The van der Waals surface area contributed by atoms with Crippen LogP contribution in [-0.4, -0.2) is 35.4 Å². The number of likely N-dealkylation sites (N-methyl/N-ethyl adjacent to an activating group) is 1. The highest BCUT2D eigenvalue weighted by molar-refractivity contribution is 7.18. The van der Waals surface area contributed by atoms with E-state index in [-0.39, 0.29) is 24.5 Å². The molecule has 0 saturated carbocycles. The standard InChI is InChI=1S/C26H25N3O3S/c1-18(26-28-22-13-6-7-14-23(22)33-26)29(2)24(30)17-32-21-12-8-11-20(15-21)25(31)27-16-19-9-4-3-5-10-19/h3-15,18H,16-17H2,1-2H3,(H,27,31)/t18-/m0/s1. The molecule has 0 spiro atoms. The van der Waals surface area contributed by atoms with Gasteiger partial charge in [0.15, 0.2) is 6.61 Å². The van der Waals surface area contributed by atoms with Crippen LogP contribution in [0, 0.1) is 0 Å². The average Bonchev–Trinajstić information content (AvgIpc) is 3.30. The van der Waals surface area contributed by atoms with Gasteiger partial charge in [0.25, 0.3) is 11.8 Å². The van der Waals surface area contributed by atoms with Gasteiger partial charge < -0.3 is 15.0 Å².